The van der Waals surface area contributed by atoms with Crippen molar-refractivity contribution in [2.24, 2.45) is 5.92 Å². The SMILES string of the molecule is CCCN[C@@H](C)[C@@H](C)CC. The first-order valence-corrected chi connectivity index (χ1v) is 4.45. The molecule has 0 radical (unpaired) electrons. The smallest absolute Gasteiger partial charge is 0.00642 e. The van der Waals surface area contributed by atoms with Crippen LogP contribution in [0.1, 0.15) is 40.5 Å². The van der Waals surface area contributed by atoms with Crippen molar-refractivity contribution in [1.82, 2.24) is 5.32 Å². The van der Waals surface area contributed by atoms with Crippen molar-refractivity contribution >= 4 is 0 Å². The van der Waals surface area contributed by atoms with Gasteiger partial charge in [0.25, 0.3) is 0 Å². The molecule has 0 aliphatic heterocycles. The molecule has 0 heterocycles. The van der Waals surface area contributed by atoms with Crippen LogP contribution in [0.5, 0.6) is 0 Å². The van der Waals surface area contributed by atoms with E-state index in [1.165, 1.54) is 12.8 Å². The van der Waals surface area contributed by atoms with Gasteiger partial charge in [0.15, 0.2) is 0 Å². The van der Waals surface area contributed by atoms with Gasteiger partial charge in [-0.2, -0.15) is 0 Å². The molecule has 2 atom stereocenters. The van der Waals surface area contributed by atoms with E-state index in [1.54, 1.807) is 0 Å². The molecule has 0 unspecified atom stereocenters. The summed E-state index contributed by atoms with van der Waals surface area (Å²) >= 11 is 0. The Balaban J connectivity index is 3.31. The van der Waals surface area contributed by atoms with E-state index in [0.717, 1.165) is 12.5 Å². The van der Waals surface area contributed by atoms with Crippen LogP contribution in [-0.4, -0.2) is 12.6 Å². The van der Waals surface area contributed by atoms with Crippen molar-refractivity contribution < 1.29 is 0 Å². The van der Waals surface area contributed by atoms with Crippen molar-refractivity contribution in [1.29, 1.82) is 0 Å². The maximum Gasteiger partial charge on any atom is 0.00642 e. The molecular formula is C9H21N. The van der Waals surface area contributed by atoms with Crippen LogP contribution in [0.4, 0.5) is 0 Å². The fourth-order valence-electron chi connectivity index (χ4n) is 0.927. The minimum absolute atomic E-state index is 0.685. The van der Waals surface area contributed by atoms with Gasteiger partial charge >= 0.3 is 0 Å². The lowest BCUT2D eigenvalue weighted by atomic mass is 10.0. The van der Waals surface area contributed by atoms with E-state index in [-0.39, 0.29) is 0 Å². The zero-order chi connectivity index (χ0) is 7.98. The maximum absolute atomic E-state index is 3.48. The van der Waals surface area contributed by atoms with Crippen molar-refractivity contribution in [2.45, 2.75) is 46.6 Å². The first-order chi connectivity index (χ1) is 4.72. The van der Waals surface area contributed by atoms with E-state index in [2.05, 4.69) is 33.0 Å². The summed E-state index contributed by atoms with van der Waals surface area (Å²) < 4.78 is 0. The third-order valence-corrected chi connectivity index (χ3v) is 2.21. The van der Waals surface area contributed by atoms with Crippen LogP contribution in [0, 0.1) is 5.92 Å². The first kappa shape index (κ1) is 9.96. The molecule has 0 spiro atoms. The van der Waals surface area contributed by atoms with E-state index in [0.29, 0.717) is 6.04 Å². The Hall–Kier alpha value is -0.0400. The van der Waals surface area contributed by atoms with Gasteiger partial charge in [-0.05, 0) is 25.8 Å². The zero-order valence-corrected chi connectivity index (χ0v) is 7.78. The second-order valence-corrected chi connectivity index (χ2v) is 3.13. The van der Waals surface area contributed by atoms with E-state index in [4.69, 9.17) is 0 Å². The highest BCUT2D eigenvalue weighted by atomic mass is 14.9. The number of nitrogens with one attached hydrogen (secondary N) is 1. The molecule has 62 valence electrons. The Morgan fingerprint density at radius 3 is 2.20 bits per heavy atom. The van der Waals surface area contributed by atoms with Gasteiger partial charge in [-0.15, -0.1) is 0 Å². The van der Waals surface area contributed by atoms with Gasteiger partial charge in [-0.3, -0.25) is 0 Å². The van der Waals surface area contributed by atoms with Crippen LogP contribution in [-0.2, 0) is 0 Å². The Kier molecular flexibility index (Phi) is 5.70. The molecular weight excluding hydrogens is 122 g/mol. The summed E-state index contributed by atoms with van der Waals surface area (Å²) in [4.78, 5) is 0. The molecule has 0 amide bonds. The number of hydrogen-bond acceptors (Lipinski definition) is 1. The van der Waals surface area contributed by atoms with Crippen LogP contribution >= 0.6 is 0 Å². The summed E-state index contributed by atoms with van der Waals surface area (Å²) in [6, 6.07) is 0.685. The third-order valence-electron chi connectivity index (χ3n) is 2.21. The minimum Gasteiger partial charge on any atom is -0.314 e. The predicted octanol–water partition coefficient (Wildman–Crippen LogP) is 2.42. The summed E-state index contributed by atoms with van der Waals surface area (Å²) in [6.07, 6.45) is 2.51. The van der Waals surface area contributed by atoms with E-state index >= 15 is 0 Å². The highest BCUT2D eigenvalue weighted by Crippen LogP contribution is 2.05. The summed E-state index contributed by atoms with van der Waals surface area (Å²) in [7, 11) is 0. The van der Waals surface area contributed by atoms with Gasteiger partial charge in [0.05, 0.1) is 0 Å². The number of hydrogen-bond donors (Lipinski definition) is 1. The Bertz CT molecular complexity index is 71.1. The Morgan fingerprint density at radius 2 is 1.80 bits per heavy atom. The molecule has 0 rings (SSSR count). The monoisotopic (exact) mass is 143 g/mol. The summed E-state index contributed by atoms with van der Waals surface area (Å²) in [5.41, 5.74) is 0. The van der Waals surface area contributed by atoms with Crippen molar-refractivity contribution in [2.75, 3.05) is 6.54 Å². The van der Waals surface area contributed by atoms with Crippen molar-refractivity contribution in [3.63, 3.8) is 0 Å². The van der Waals surface area contributed by atoms with Gasteiger partial charge in [-0.25, -0.2) is 0 Å². The van der Waals surface area contributed by atoms with Gasteiger partial charge in [0.1, 0.15) is 0 Å². The quantitative estimate of drug-likeness (QED) is 0.623. The molecule has 1 nitrogen and oxygen atoms in total. The highest BCUT2D eigenvalue weighted by molar-refractivity contribution is 4.65. The molecule has 0 fully saturated rings. The molecule has 0 aromatic heterocycles. The Labute approximate surface area is 65.2 Å². The maximum atomic E-state index is 3.48. The van der Waals surface area contributed by atoms with Crippen LogP contribution in [0.15, 0.2) is 0 Å². The normalized spacial score (nSPS) is 16.8. The first-order valence-electron chi connectivity index (χ1n) is 4.45. The average molecular weight is 143 g/mol. The van der Waals surface area contributed by atoms with Crippen molar-refractivity contribution in [3.8, 4) is 0 Å². The van der Waals surface area contributed by atoms with E-state index < -0.39 is 0 Å². The van der Waals surface area contributed by atoms with Gasteiger partial charge in [0, 0.05) is 6.04 Å². The van der Waals surface area contributed by atoms with Gasteiger partial charge in [-0.1, -0.05) is 27.2 Å². The van der Waals surface area contributed by atoms with Crippen LogP contribution in [0.25, 0.3) is 0 Å². The molecule has 1 N–H and O–H groups in total. The average Bonchev–Trinajstić information content (AvgIpc) is 1.98. The summed E-state index contributed by atoms with van der Waals surface area (Å²) in [6.45, 7) is 10.2. The predicted molar refractivity (Wildman–Crippen MR) is 47.2 cm³/mol. The fraction of sp³-hybridized carbons (Fsp3) is 1.00. The van der Waals surface area contributed by atoms with E-state index in [9.17, 15) is 0 Å². The molecule has 0 saturated carbocycles. The minimum atomic E-state index is 0.685. The molecule has 0 aromatic rings. The molecule has 0 bridgehead atoms. The molecule has 0 aliphatic carbocycles. The largest absolute Gasteiger partial charge is 0.314 e. The fourth-order valence-corrected chi connectivity index (χ4v) is 0.927. The number of rotatable bonds is 5. The second kappa shape index (κ2) is 5.72. The topological polar surface area (TPSA) is 12.0 Å². The lowest BCUT2D eigenvalue weighted by molar-refractivity contribution is 0.391. The van der Waals surface area contributed by atoms with Crippen molar-refractivity contribution in [3.05, 3.63) is 0 Å². The molecule has 0 aromatic carbocycles. The standard InChI is InChI=1S/C9H21N/c1-5-7-10-9(4)8(3)6-2/h8-10H,5-7H2,1-4H3/t8-,9-/m0/s1. The zero-order valence-electron chi connectivity index (χ0n) is 7.78. The lowest BCUT2D eigenvalue weighted by Crippen LogP contribution is -2.32. The van der Waals surface area contributed by atoms with E-state index in [1.807, 2.05) is 0 Å². The van der Waals surface area contributed by atoms with Gasteiger partial charge < -0.3 is 5.32 Å². The summed E-state index contributed by atoms with van der Waals surface area (Å²) in [5.74, 6) is 0.812. The molecule has 1 heteroatoms. The Morgan fingerprint density at radius 1 is 1.20 bits per heavy atom. The lowest BCUT2D eigenvalue weighted by Gasteiger charge is -2.19. The molecule has 10 heavy (non-hydrogen) atoms. The second-order valence-electron chi connectivity index (χ2n) is 3.13. The van der Waals surface area contributed by atoms with Gasteiger partial charge in [0.2, 0.25) is 0 Å². The highest BCUT2D eigenvalue weighted by Gasteiger charge is 2.07. The molecule has 0 aliphatic rings. The molecule has 0 saturated heterocycles. The third kappa shape index (κ3) is 3.89. The summed E-state index contributed by atoms with van der Waals surface area (Å²) in [5, 5.41) is 3.48. The van der Waals surface area contributed by atoms with Crippen LogP contribution in [0.2, 0.25) is 0 Å². The van der Waals surface area contributed by atoms with Crippen LogP contribution in [0.3, 0.4) is 0 Å². The van der Waals surface area contributed by atoms with Crippen LogP contribution < -0.4 is 5.32 Å².